The highest BCUT2D eigenvalue weighted by molar-refractivity contribution is 7.93. The van der Waals surface area contributed by atoms with E-state index in [4.69, 9.17) is 4.74 Å². The molecule has 1 unspecified atom stereocenters. The van der Waals surface area contributed by atoms with Gasteiger partial charge < -0.3 is 29.5 Å². The molecule has 4 N–H and O–H groups in total. The van der Waals surface area contributed by atoms with Crippen molar-refractivity contribution in [3.63, 3.8) is 0 Å². The Bertz CT molecular complexity index is 1570. The van der Waals surface area contributed by atoms with Crippen LogP contribution in [0.2, 0.25) is 0 Å². The van der Waals surface area contributed by atoms with E-state index in [0.717, 1.165) is 48.0 Å². The summed E-state index contributed by atoms with van der Waals surface area (Å²) in [6.45, 7) is 8.06. The van der Waals surface area contributed by atoms with Gasteiger partial charge in [0.2, 0.25) is 0 Å². The second-order valence-corrected chi connectivity index (χ2v) is 12.3. The smallest absolute Gasteiger partial charge is 0.251 e. The SMILES string of the molecule is CCCN(CCC)c1ccc2cc(-c3ccc(/C=C(\C#N)S(=O)(=O)N[C@H]4C(O)O[C@H](CC)[C@@H](O)[C@@H]4O)n3C)ccc2c1. The van der Waals surface area contributed by atoms with E-state index in [2.05, 4.69) is 53.8 Å². The highest BCUT2D eigenvalue weighted by Gasteiger charge is 2.45. The zero-order valence-electron chi connectivity index (χ0n) is 24.4. The maximum Gasteiger partial charge on any atom is 0.251 e. The molecule has 0 bridgehead atoms. The molecule has 4 rings (SSSR count). The lowest BCUT2D eigenvalue weighted by atomic mass is 9.96. The number of hydrogen-bond acceptors (Lipinski definition) is 8. The van der Waals surface area contributed by atoms with Crippen LogP contribution in [0.4, 0.5) is 5.69 Å². The molecular weight excluding hydrogens is 556 g/mol. The Hall–Kier alpha value is -3.24. The lowest BCUT2D eigenvalue weighted by Crippen LogP contribution is -2.63. The summed E-state index contributed by atoms with van der Waals surface area (Å²) in [6, 6.07) is 16.3. The minimum atomic E-state index is -4.48. The standard InChI is InChI=1S/C31H40N4O6S/c1-5-14-35(15-6-2)24-11-10-20-16-22(9-8-21(20)17-24)26-13-12-23(34(26)4)18-25(19-32)42(39,40)33-28-30(37)29(36)27(7-3)41-31(28)38/h8-13,16-18,27-31,33,36-38H,5-7,14-15H2,1-4H3/b25-18+/t27-,28-,29-,30-,31?/m1/s1. The third kappa shape index (κ3) is 6.54. The van der Waals surface area contributed by atoms with Crippen LogP contribution in [0.1, 0.15) is 45.7 Å². The number of sulfonamides is 1. The number of hydrogen-bond donors (Lipinski definition) is 4. The predicted octanol–water partition coefficient (Wildman–Crippen LogP) is 3.47. The van der Waals surface area contributed by atoms with E-state index in [-0.39, 0.29) is 0 Å². The molecule has 1 fully saturated rings. The van der Waals surface area contributed by atoms with Crippen molar-refractivity contribution >= 4 is 32.6 Å². The van der Waals surface area contributed by atoms with Gasteiger partial charge in [0.1, 0.15) is 24.3 Å². The average molecular weight is 597 g/mol. The monoisotopic (exact) mass is 596 g/mol. The fraction of sp³-hybridized carbons (Fsp3) is 0.452. The number of aliphatic hydroxyl groups is 3. The molecule has 0 radical (unpaired) electrons. The topological polar surface area (TPSA) is 148 Å². The number of nitrogens with zero attached hydrogens (tertiary/aromatic N) is 3. The van der Waals surface area contributed by atoms with E-state index in [1.165, 1.54) is 11.8 Å². The van der Waals surface area contributed by atoms with Gasteiger partial charge >= 0.3 is 0 Å². The number of benzene rings is 2. The molecule has 226 valence electrons. The molecule has 1 aromatic heterocycles. The zero-order chi connectivity index (χ0) is 30.6. The molecule has 0 saturated carbocycles. The Balaban J connectivity index is 1.59. The van der Waals surface area contributed by atoms with Gasteiger partial charge in [-0.3, -0.25) is 0 Å². The molecule has 10 nitrogen and oxygen atoms in total. The zero-order valence-corrected chi connectivity index (χ0v) is 25.3. The summed E-state index contributed by atoms with van der Waals surface area (Å²) in [5.41, 5.74) is 3.42. The molecule has 1 aliphatic heterocycles. The molecular formula is C31H40N4O6S. The van der Waals surface area contributed by atoms with Crippen molar-refractivity contribution in [2.24, 2.45) is 7.05 Å². The number of allylic oxidation sites excluding steroid dienone is 1. The van der Waals surface area contributed by atoms with Crippen LogP contribution in [0.15, 0.2) is 53.4 Å². The van der Waals surface area contributed by atoms with Crippen LogP contribution in [-0.4, -0.2) is 72.0 Å². The Morgan fingerprint density at radius 1 is 1.02 bits per heavy atom. The van der Waals surface area contributed by atoms with Crippen molar-refractivity contribution in [2.45, 2.75) is 70.7 Å². The molecule has 11 heteroatoms. The van der Waals surface area contributed by atoms with Crippen molar-refractivity contribution in [3.05, 3.63) is 59.1 Å². The van der Waals surface area contributed by atoms with Gasteiger partial charge in [-0.2, -0.15) is 9.98 Å². The Morgan fingerprint density at radius 3 is 2.33 bits per heavy atom. The van der Waals surface area contributed by atoms with E-state index in [0.29, 0.717) is 12.1 Å². The van der Waals surface area contributed by atoms with Crippen LogP contribution in [0.5, 0.6) is 0 Å². The number of fused-ring (bicyclic) bond motifs is 1. The summed E-state index contributed by atoms with van der Waals surface area (Å²) in [5.74, 6) is 0. The molecule has 42 heavy (non-hydrogen) atoms. The summed E-state index contributed by atoms with van der Waals surface area (Å²) < 4.78 is 35.4. The van der Waals surface area contributed by atoms with Crippen molar-refractivity contribution < 1.29 is 28.5 Å². The first kappa shape index (κ1) is 31.7. The third-order valence-corrected chi connectivity index (χ3v) is 9.10. The highest BCUT2D eigenvalue weighted by atomic mass is 32.2. The maximum atomic E-state index is 13.1. The average Bonchev–Trinajstić information content (AvgIpc) is 3.34. The van der Waals surface area contributed by atoms with Crippen LogP contribution >= 0.6 is 0 Å². The van der Waals surface area contributed by atoms with Crippen molar-refractivity contribution in [3.8, 4) is 17.3 Å². The molecule has 0 spiro atoms. The highest BCUT2D eigenvalue weighted by Crippen LogP contribution is 2.30. The van der Waals surface area contributed by atoms with Gasteiger partial charge in [0.25, 0.3) is 10.0 Å². The molecule has 0 amide bonds. The number of ether oxygens (including phenoxy) is 1. The van der Waals surface area contributed by atoms with Gasteiger partial charge in [-0.25, -0.2) is 8.42 Å². The van der Waals surface area contributed by atoms with Crippen LogP contribution in [0, 0.1) is 11.3 Å². The molecule has 1 aliphatic rings. The van der Waals surface area contributed by atoms with Crippen LogP contribution in [0.3, 0.4) is 0 Å². The van der Waals surface area contributed by atoms with Crippen LogP contribution in [0.25, 0.3) is 28.1 Å². The van der Waals surface area contributed by atoms with Gasteiger partial charge in [-0.1, -0.05) is 39.0 Å². The minimum absolute atomic E-state index is 0.308. The third-order valence-electron chi connectivity index (χ3n) is 7.72. The van der Waals surface area contributed by atoms with Crippen LogP contribution in [-0.2, 0) is 21.8 Å². The van der Waals surface area contributed by atoms with Gasteiger partial charge in [0.05, 0.1) is 6.10 Å². The van der Waals surface area contributed by atoms with E-state index < -0.39 is 45.6 Å². The fourth-order valence-corrected chi connectivity index (χ4v) is 6.56. The van der Waals surface area contributed by atoms with E-state index in [1.54, 1.807) is 30.7 Å². The molecule has 3 aromatic rings. The number of nitriles is 1. The van der Waals surface area contributed by atoms with Crippen molar-refractivity contribution in [1.82, 2.24) is 9.29 Å². The lowest BCUT2D eigenvalue weighted by Gasteiger charge is -2.40. The normalized spacial score (nSPS) is 23.2. The number of rotatable bonds is 11. The van der Waals surface area contributed by atoms with Gasteiger partial charge in [0.15, 0.2) is 11.2 Å². The second kappa shape index (κ2) is 13.4. The Morgan fingerprint density at radius 2 is 1.69 bits per heavy atom. The largest absolute Gasteiger partial charge is 0.388 e. The first-order valence-electron chi connectivity index (χ1n) is 14.3. The number of nitrogens with one attached hydrogen (secondary N) is 1. The summed E-state index contributed by atoms with van der Waals surface area (Å²) in [4.78, 5) is 1.78. The predicted molar refractivity (Wildman–Crippen MR) is 164 cm³/mol. The van der Waals surface area contributed by atoms with E-state index in [9.17, 15) is 29.0 Å². The number of anilines is 1. The lowest BCUT2D eigenvalue weighted by molar-refractivity contribution is -0.244. The quantitative estimate of drug-likeness (QED) is 0.246. The number of aliphatic hydroxyl groups excluding tert-OH is 3. The molecule has 2 heterocycles. The Labute approximate surface area is 247 Å². The Kier molecular flexibility index (Phi) is 10.1. The van der Waals surface area contributed by atoms with Gasteiger partial charge in [0, 0.05) is 37.2 Å². The molecule has 0 aliphatic carbocycles. The number of aromatic nitrogens is 1. The van der Waals surface area contributed by atoms with Crippen LogP contribution < -0.4 is 9.62 Å². The molecule has 5 atom stereocenters. The van der Waals surface area contributed by atoms with Gasteiger partial charge in [-0.15, -0.1) is 0 Å². The van der Waals surface area contributed by atoms with Crippen molar-refractivity contribution in [1.29, 1.82) is 5.26 Å². The second-order valence-electron chi connectivity index (χ2n) is 10.7. The summed E-state index contributed by atoms with van der Waals surface area (Å²) in [6.07, 6.45) is -1.89. The van der Waals surface area contributed by atoms with Gasteiger partial charge in [-0.05, 0) is 72.0 Å². The first-order chi connectivity index (χ1) is 20.0. The molecule has 1 saturated heterocycles. The minimum Gasteiger partial charge on any atom is -0.388 e. The summed E-state index contributed by atoms with van der Waals surface area (Å²) in [7, 11) is -2.70. The van der Waals surface area contributed by atoms with E-state index in [1.807, 2.05) is 12.1 Å². The molecule has 2 aromatic carbocycles. The summed E-state index contributed by atoms with van der Waals surface area (Å²) in [5, 5.41) is 42.9. The van der Waals surface area contributed by atoms with E-state index >= 15 is 0 Å². The fourth-order valence-electron chi connectivity index (χ4n) is 5.42. The van der Waals surface area contributed by atoms with Crippen molar-refractivity contribution in [2.75, 3.05) is 18.0 Å². The maximum absolute atomic E-state index is 13.1. The first-order valence-corrected chi connectivity index (χ1v) is 15.8. The summed E-state index contributed by atoms with van der Waals surface area (Å²) >= 11 is 0.